The molecule has 0 aromatic heterocycles. The molecular formula is C9H17NO2. The molecule has 1 aliphatic heterocycles. The van der Waals surface area contributed by atoms with Crippen LogP contribution in [0.3, 0.4) is 0 Å². The summed E-state index contributed by atoms with van der Waals surface area (Å²) >= 11 is 0. The van der Waals surface area contributed by atoms with E-state index in [9.17, 15) is 4.79 Å². The number of hydrogen-bond donors (Lipinski definition) is 2. The summed E-state index contributed by atoms with van der Waals surface area (Å²) in [5, 5.41) is 12.1. The summed E-state index contributed by atoms with van der Waals surface area (Å²) in [6.45, 7) is 5.10. The van der Waals surface area contributed by atoms with Crippen LogP contribution < -0.4 is 5.32 Å². The van der Waals surface area contributed by atoms with Gasteiger partial charge in [-0.15, -0.1) is 0 Å². The third-order valence-electron chi connectivity index (χ3n) is 2.39. The van der Waals surface area contributed by atoms with Crippen molar-refractivity contribution in [2.24, 2.45) is 11.8 Å². The molecule has 2 N–H and O–H groups in total. The van der Waals surface area contributed by atoms with Crippen LogP contribution in [0.15, 0.2) is 0 Å². The molecule has 1 heterocycles. The van der Waals surface area contributed by atoms with E-state index >= 15 is 0 Å². The molecule has 0 spiro atoms. The van der Waals surface area contributed by atoms with Gasteiger partial charge in [0.25, 0.3) is 0 Å². The van der Waals surface area contributed by atoms with Crippen LogP contribution in [-0.2, 0) is 4.79 Å². The zero-order chi connectivity index (χ0) is 9.14. The zero-order valence-corrected chi connectivity index (χ0v) is 7.71. The van der Waals surface area contributed by atoms with E-state index in [4.69, 9.17) is 5.11 Å². The summed E-state index contributed by atoms with van der Waals surface area (Å²) in [6, 6.07) is 0.197. The predicted molar refractivity (Wildman–Crippen MR) is 47.0 cm³/mol. The highest BCUT2D eigenvalue weighted by Gasteiger charge is 2.32. The Kier molecular flexibility index (Phi) is 3.09. The normalized spacial score (nSPS) is 29.6. The van der Waals surface area contributed by atoms with Crippen LogP contribution in [0.25, 0.3) is 0 Å². The SMILES string of the molecule is CC(C)CC1NCCC1C(=O)O. The number of carboxylic acid groups (broad SMARTS) is 1. The quantitative estimate of drug-likeness (QED) is 0.668. The molecule has 0 aromatic rings. The van der Waals surface area contributed by atoms with Crippen molar-refractivity contribution in [1.82, 2.24) is 5.32 Å². The van der Waals surface area contributed by atoms with E-state index in [1.807, 2.05) is 0 Å². The number of hydrogen-bond acceptors (Lipinski definition) is 2. The molecule has 0 amide bonds. The smallest absolute Gasteiger partial charge is 0.308 e. The van der Waals surface area contributed by atoms with Gasteiger partial charge in [0, 0.05) is 6.04 Å². The van der Waals surface area contributed by atoms with Crippen LogP contribution in [0.2, 0.25) is 0 Å². The molecule has 12 heavy (non-hydrogen) atoms. The second kappa shape index (κ2) is 3.90. The Morgan fingerprint density at radius 1 is 1.67 bits per heavy atom. The van der Waals surface area contributed by atoms with Gasteiger partial charge in [-0.1, -0.05) is 13.8 Å². The molecule has 1 rings (SSSR count). The van der Waals surface area contributed by atoms with Gasteiger partial charge in [-0.2, -0.15) is 0 Å². The first kappa shape index (κ1) is 9.52. The van der Waals surface area contributed by atoms with Crippen molar-refractivity contribution in [1.29, 1.82) is 0 Å². The van der Waals surface area contributed by atoms with Crippen molar-refractivity contribution in [2.45, 2.75) is 32.7 Å². The van der Waals surface area contributed by atoms with Crippen LogP contribution in [0.1, 0.15) is 26.7 Å². The summed E-state index contributed by atoms with van der Waals surface area (Å²) < 4.78 is 0. The van der Waals surface area contributed by atoms with Gasteiger partial charge in [0.05, 0.1) is 5.92 Å². The monoisotopic (exact) mass is 171 g/mol. The minimum atomic E-state index is -0.648. The number of nitrogens with one attached hydrogen (secondary N) is 1. The number of rotatable bonds is 3. The Bertz CT molecular complexity index is 168. The number of carboxylic acids is 1. The van der Waals surface area contributed by atoms with Gasteiger partial charge in [0.2, 0.25) is 0 Å². The molecule has 2 unspecified atom stereocenters. The van der Waals surface area contributed by atoms with Crippen LogP contribution >= 0.6 is 0 Å². The molecule has 0 aromatic carbocycles. The highest BCUT2D eigenvalue weighted by molar-refractivity contribution is 5.71. The van der Waals surface area contributed by atoms with Gasteiger partial charge in [-0.3, -0.25) is 4.79 Å². The van der Waals surface area contributed by atoms with Crippen LogP contribution in [-0.4, -0.2) is 23.7 Å². The summed E-state index contributed by atoms with van der Waals surface area (Å²) in [4.78, 5) is 10.8. The van der Waals surface area contributed by atoms with E-state index in [-0.39, 0.29) is 12.0 Å². The topological polar surface area (TPSA) is 49.3 Å². The number of carbonyl (C=O) groups is 1. The summed E-state index contributed by atoms with van der Waals surface area (Å²) in [5.41, 5.74) is 0. The fourth-order valence-corrected chi connectivity index (χ4v) is 1.82. The fourth-order valence-electron chi connectivity index (χ4n) is 1.82. The molecule has 0 saturated carbocycles. The highest BCUT2D eigenvalue weighted by atomic mass is 16.4. The minimum absolute atomic E-state index is 0.160. The maximum Gasteiger partial charge on any atom is 0.308 e. The van der Waals surface area contributed by atoms with Crippen molar-refractivity contribution in [3.63, 3.8) is 0 Å². The molecule has 1 saturated heterocycles. The Labute approximate surface area is 73.2 Å². The third kappa shape index (κ3) is 2.21. The first-order valence-electron chi connectivity index (χ1n) is 4.57. The minimum Gasteiger partial charge on any atom is -0.481 e. The van der Waals surface area contributed by atoms with E-state index < -0.39 is 5.97 Å². The second-order valence-electron chi connectivity index (χ2n) is 3.92. The van der Waals surface area contributed by atoms with Crippen molar-refractivity contribution in [2.75, 3.05) is 6.54 Å². The average Bonchev–Trinajstić information content (AvgIpc) is 2.33. The third-order valence-corrected chi connectivity index (χ3v) is 2.39. The van der Waals surface area contributed by atoms with Crippen molar-refractivity contribution in [3.8, 4) is 0 Å². The Hall–Kier alpha value is -0.570. The molecule has 1 aliphatic rings. The molecule has 2 atom stereocenters. The largest absolute Gasteiger partial charge is 0.481 e. The van der Waals surface area contributed by atoms with E-state index in [2.05, 4.69) is 19.2 Å². The van der Waals surface area contributed by atoms with Gasteiger partial charge in [0.1, 0.15) is 0 Å². The summed E-state index contributed by atoms with van der Waals surface area (Å²) in [6.07, 6.45) is 1.75. The molecular weight excluding hydrogens is 154 g/mol. The molecule has 0 aliphatic carbocycles. The Morgan fingerprint density at radius 3 is 2.83 bits per heavy atom. The van der Waals surface area contributed by atoms with Gasteiger partial charge in [-0.05, 0) is 25.3 Å². The lowest BCUT2D eigenvalue weighted by molar-refractivity contribution is -0.142. The summed E-state index contributed by atoms with van der Waals surface area (Å²) in [5.74, 6) is -0.236. The van der Waals surface area contributed by atoms with Crippen LogP contribution in [0, 0.1) is 11.8 Å². The molecule has 0 radical (unpaired) electrons. The predicted octanol–water partition coefficient (Wildman–Crippen LogP) is 1.10. The zero-order valence-electron chi connectivity index (χ0n) is 7.71. The van der Waals surface area contributed by atoms with Gasteiger partial charge in [-0.25, -0.2) is 0 Å². The molecule has 70 valence electrons. The Balaban J connectivity index is 2.46. The van der Waals surface area contributed by atoms with Crippen LogP contribution in [0.4, 0.5) is 0 Å². The second-order valence-corrected chi connectivity index (χ2v) is 3.92. The summed E-state index contributed by atoms with van der Waals surface area (Å²) in [7, 11) is 0. The van der Waals surface area contributed by atoms with E-state index in [1.54, 1.807) is 0 Å². The van der Waals surface area contributed by atoms with E-state index in [0.717, 1.165) is 19.4 Å². The molecule has 1 fully saturated rings. The maximum atomic E-state index is 10.8. The van der Waals surface area contributed by atoms with Gasteiger partial charge >= 0.3 is 5.97 Å². The van der Waals surface area contributed by atoms with Crippen molar-refractivity contribution < 1.29 is 9.90 Å². The maximum absolute atomic E-state index is 10.8. The van der Waals surface area contributed by atoms with E-state index in [1.165, 1.54) is 0 Å². The first-order chi connectivity index (χ1) is 5.61. The lowest BCUT2D eigenvalue weighted by Crippen LogP contribution is -2.32. The number of aliphatic carboxylic acids is 1. The van der Waals surface area contributed by atoms with Crippen molar-refractivity contribution >= 4 is 5.97 Å². The highest BCUT2D eigenvalue weighted by Crippen LogP contribution is 2.21. The van der Waals surface area contributed by atoms with Gasteiger partial charge < -0.3 is 10.4 Å². The fraction of sp³-hybridized carbons (Fsp3) is 0.889. The van der Waals surface area contributed by atoms with Crippen molar-refractivity contribution in [3.05, 3.63) is 0 Å². The molecule has 3 heteroatoms. The standard InChI is InChI=1S/C9H17NO2/c1-6(2)5-8-7(9(11)12)3-4-10-8/h6-8,10H,3-5H2,1-2H3,(H,11,12). The Morgan fingerprint density at radius 2 is 2.33 bits per heavy atom. The van der Waals surface area contributed by atoms with Crippen LogP contribution in [0.5, 0.6) is 0 Å². The molecule has 3 nitrogen and oxygen atoms in total. The lowest BCUT2D eigenvalue weighted by Gasteiger charge is -2.17. The van der Waals surface area contributed by atoms with Gasteiger partial charge in [0.15, 0.2) is 0 Å². The lowest BCUT2D eigenvalue weighted by atomic mass is 9.93. The average molecular weight is 171 g/mol. The first-order valence-corrected chi connectivity index (χ1v) is 4.57. The van der Waals surface area contributed by atoms with E-state index in [0.29, 0.717) is 5.92 Å². The molecule has 0 bridgehead atoms.